The average molecular weight is 360 g/mol. The fourth-order valence-electron chi connectivity index (χ4n) is 2.93. The molecule has 3 nitrogen and oxygen atoms in total. The summed E-state index contributed by atoms with van der Waals surface area (Å²) in [5.74, 6) is -2.67. The van der Waals surface area contributed by atoms with Gasteiger partial charge in [0.05, 0.1) is 16.9 Å². The van der Waals surface area contributed by atoms with E-state index in [0.29, 0.717) is 16.9 Å². The van der Waals surface area contributed by atoms with Crippen molar-refractivity contribution in [3.63, 3.8) is 0 Å². The van der Waals surface area contributed by atoms with Crippen LogP contribution in [0.4, 0.5) is 14.5 Å². The molecular weight excluding hydrogens is 346 g/mol. The second-order valence-electron chi connectivity index (χ2n) is 5.99. The third-order valence-corrected chi connectivity index (χ3v) is 4.24. The van der Waals surface area contributed by atoms with Crippen LogP contribution < -0.4 is 5.32 Å². The van der Waals surface area contributed by atoms with Crippen molar-refractivity contribution < 1.29 is 13.6 Å². The number of carbonyl (C=O) groups excluding carboxylic acids is 1. The van der Waals surface area contributed by atoms with Gasteiger partial charge in [0.15, 0.2) is 0 Å². The lowest BCUT2D eigenvalue weighted by Gasteiger charge is -2.12. The highest BCUT2D eigenvalue weighted by Gasteiger charge is 2.18. The van der Waals surface area contributed by atoms with Crippen molar-refractivity contribution in [1.29, 1.82) is 0 Å². The fraction of sp³-hybridized carbons (Fsp3) is 0. The normalized spacial score (nSPS) is 10.7. The van der Waals surface area contributed by atoms with Crippen LogP contribution in [0.5, 0.6) is 0 Å². The van der Waals surface area contributed by atoms with E-state index in [-0.39, 0.29) is 0 Å². The Morgan fingerprint density at radius 3 is 2.30 bits per heavy atom. The van der Waals surface area contributed by atoms with E-state index < -0.39 is 23.1 Å². The lowest BCUT2D eigenvalue weighted by Crippen LogP contribution is -2.16. The number of anilines is 1. The van der Waals surface area contributed by atoms with Crippen LogP contribution in [0.15, 0.2) is 78.9 Å². The lowest BCUT2D eigenvalue weighted by molar-refractivity contribution is 0.101. The summed E-state index contributed by atoms with van der Waals surface area (Å²) in [7, 11) is 0. The third-order valence-electron chi connectivity index (χ3n) is 4.24. The second kappa shape index (κ2) is 6.96. The number of para-hydroxylation sites is 2. The van der Waals surface area contributed by atoms with Crippen LogP contribution in [0.2, 0.25) is 0 Å². The largest absolute Gasteiger partial charge is 0.321 e. The number of halogens is 2. The van der Waals surface area contributed by atoms with E-state index in [9.17, 15) is 13.6 Å². The monoisotopic (exact) mass is 360 g/mol. The number of rotatable bonds is 3. The summed E-state index contributed by atoms with van der Waals surface area (Å²) in [6.45, 7) is 0. The van der Waals surface area contributed by atoms with Crippen LogP contribution in [-0.2, 0) is 0 Å². The maximum Gasteiger partial charge on any atom is 0.261 e. The quantitative estimate of drug-likeness (QED) is 0.529. The second-order valence-corrected chi connectivity index (χ2v) is 5.99. The molecule has 1 N–H and O–H groups in total. The van der Waals surface area contributed by atoms with Gasteiger partial charge in [0, 0.05) is 10.9 Å². The van der Waals surface area contributed by atoms with Gasteiger partial charge in [-0.05, 0) is 30.3 Å². The molecule has 0 spiro atoms. The predicted octanol–water partition coefficient (Wildman–Crippen LogP) is 5.43. The maximum atomic E-state index is 13.9. The SMILES string of the molecule is O=C(Nc1ccccc1-c1ccc2ccccc2n1)c1c(F)cccc1F. The molecular formula is C22H14F2N2O. The van der Waals surface area contributed by atoms with Crippen LogP contribution in [0.3, 0.4) is 0 Å². The topological polar surface area (TPSA) is 42.0 Å². The Kier molecular flexibility index (Phi) is 4.34. The van der Waals surface area contributed by atoms with E-state index in [4.69, 9.17) is 0 Å². The molecule has 0 bridgehead atoms. The first-order valence-electron chi connectivity index (χ1n) is 8.34. The molecule has 4 aromatic rings. The van der Waals surface area contributed by atoms with E-state index in [2.05, 4.69) is 10.3 Å². The number of hydrogen-bond donors (Lipinski definition) is 1. The average Bonchev–Trinajstić information content (AvgIpc) is 2.68. The number of aromatic nitrogens is 1. The minimum Gasteiger partial charge on any atom is -0.321 e. The van der Waals surface area contributed by atoms with E-state index in [1.165, 1.54) is 6.07 Å². The summed E-state index contributed by atoms with van der Waals surface area (Å²) >= 11 is 0. The molecule has 0 atom stereocenters. The number of pyridine rings is 1. The number of nitrogens with zero attached hydrogens (tertiary/aromatic N) is 1. The van der Waals surface area contributed by atoms with Gasteiger partial charge in [-0.3, -0.25) is 4.79 Å². The molecule has 0 aliphatic carbocycles. The van der Waals surface area contributed by atoms with E-state index in [0.717, 1.165) is 23.0 Å². The molecule has 4 rings (SSSR count). The molecule has 0 fully saturated rings. The minimum absolute atomic E-state index is 0.424. The van der Waals surface area contributed by atoms with Gasteiger partial charge in [0.2, 0.25) is 0 Å². The Balaban J connectivity index is 1.74. The molecule has 27 heavy (non-hydrogen) atoms. The van der Waals surface area contributed by atoms with Crippen molar-refractivity contribution in [2.24, 2.45) is 0 Å². The molecule has 1 heterocycles. The van der Waals surface area contributed by atoms with Gasteiger partial charge < -0.3 is 5.32 Å². The molecule has 1 amide bonds. The summed E-state index contributed by atoms with van der Waals surface area (Å²) in [5.41, 5.74) is 1.94. The number of benzene rings is 3. The Bertz CT molecular complexity index is 1140. The zero-order valence-corrected chi connectivity index (χ0v) is 14.1. The molecule has 3 aromatic carbocycles. The first-order chi connectivity index (χ1) is 13.1. The van der Waals surface area contributed by atoms with Gasteiger partial charge in [-0.2, -0.15) is 0 Å². The maximum absolute atomic E-state index is 13.9. The van der Waals surface area contributed by atoms with Crippen LogP contribution in [-0.4, -0.2) is 10.9 Å². The van der Waals surface area contributed by atoms with Crippen LogP contribution in [0.25, 0.3) is 22.2 Å². The van der Waals surface area contributed by atoms with Gasteiger partial charge in [-0.1, -0.05) is 48.5 Å². The summed E-state index contributed by atoms with van der Waals surface area (Å²) in [6, 6.07) is 21.8. The zero-order chi connectivity index (χ0) is 18.8. The van der Waals surface area contributed by atoms with Crippen molar-refractivity contribution >= 4 is 22.5 Å². The number of hydrogen-bond acceptors (Lipinski definition) is 2. The van der Waals surface area contributed by atoms with Crippen molar-refractivity contribution in [1.82, 2.24) is 4.98 Å². The van der Waals surface area contributed by atoms with Gasteiger partial charge in [0.25, 0.3) is 5.91 Å². The highest BCUT2D eigenvalue weighted by molar-refractivity contribution is 6.06. The van der Waals surface area contributed by atoms with Gasteiger partial charge >= 0.3 is 0 Å². The molecule has 1 aromatic heterocycles. The molecule has 0 saturated carbocycles. The van der Waals surface area contributed by atoms with Crippen molar-refractivity contribution in [3.8, 4) is 11.3 Å². The standard InChI is InChI=1S/C22H14F2N2O/c23-16-8-5-9-17(24)21(16)22(27)26-19-11-4-2-7-15(19)20-13-12-14-6-1-3-10-18(14)25-20/h1-13H,(H,26,27). The van der Waals surface area contributed by atoms with Crippen LogP contribution in [0.1, 0.15) is 10.4 Å². The highest BCUT2D eigenvalue weighted by Crippen LogP contribution is 2.28. The third kappa shape index (κ3) is 3.27. The lowest BCUT2D eigenvalue weighted by atomic mass is 10.1. The first-order valence-corrected chi connectivity index (χ1v) is 8.34. The zero-order valence-electron chi connectivity index (χ0n) is 14.1. The number of amides is 1. The molecule has 0 aliphatic rings. The Morgan fingerprint density at radius 1 is 0.778 bits per heavy atom. The van der Waals surface area contributed by atoms with Crippen LogP contribution in [0, 0.1) is 11.6 Å². The molecule has 0 radical (unpaired) electrons. The van der Waals surface area contributed by atoms with Gasteiger partial charge in [0.1, 0.15) is 17.2 Å². The summed E-state index contributed by atoms with van der Waals surface area (Å²) in [6.07, 6.45) is 0. The first kappa shape index (κ1) is 16.8. The smallest absolute Gasteiger partial charge is 0.261 e. The van der Waals surface area contributed by atoms with Crippen molar-refractivity contribution in [2.45, 2.75) is 0 Å². The van der Waals surface area contributed by atoms with Crippen molar-refractivity contribution in [3.05, 3.63) is 96.1 Å². The number of fused-ring (bicyclic) bond motifs is 1. The van der Waals surface area contributed by atoms with Crippen molar-refractivity contribution in [2.75, 3.05) is 5.32 Å². The van der Waals surface area contributed by atoms with E-state index >= 15 is 0 Å². The molecule has 0 saturated heterocycles. The molecule has 132 valence electrons. The molecule has 5 heteroatoms. The summed E-state index contributed by atoms with van der Waals surface area (Å²) in [4.78, 5) is 17.1. The number of nitrogens with one attached hydrogen (secondary N) is 1. The molecule has 0 aliphatic heterocycles. The Hall–Kier alpha value is -3.60. The highest BCUT2D eigenvalue weighted by atomic mass is 19.1. The minimum atomic E-state index is -0.909. The molecule has 0 unspecified atom stereocenters. The fourth-order valence-corrected chi connectivity index (χ4v) is 2.93. The Labute approximate surface area is 154 Å². The summed E-state index contributed by atoms with van der Waals surface area (Å²) < 4.78 is 27.8. The van der Waals surface area contributed by atoms with Gasteiger partial charge in [-0.25, -0.2) is 13.8 Å². The predicted molar refractivity (Wildman–Crippen MR) is 101 cm³/mol. The Morgan fingerprint density at radius 2 is 1.48 bits per heavy atom. The van der Waals surface area contributed by atoms with E-state index in [1.807, 2.05) is 42.5 Å². The van der Waals surface area contributed by atoms with E-state index in [1.54, 1.807) is 18.2 Å². The number of carbonyl (C=O) groups is 1. The van der Waals surface area contributed by atoms with Gasteiger partial charge in [-0.15, -0.1) is 0 Å². The summed E-state index contributed by atoms with van der Waals surface area (Å²) in [5, 5.41) is 3.59. The van der Waals surface area contributed by atoms with Crippen LogP contribution >= 0.6 is 0 Å².